The van der Waals surface area contributed by atoms with Gasteiger partial charge in [0.25, 0.3) is 0 Å². The third-order valence-corrected chi connectivity index (χ3v) is 3.20. The zero-order valence-corrected chi connectivity index (χ0v) is 12.8. The summed E-state index contributed by atoms with van der Waals surface area (Å²) in [7, 11) is 1.99. The largest absolute Gasteiger partial charge is 0.403 e. The van der Waals surface area contributed by atoms with Gasteiger partial charge in [-0.3, -0.25) is 0 Å². The molecule has 0 rings (SSSR count). The standard InChI is InChI=1S/C16H33N3/c1-15(17)11-8-6-4-5-7-9-14-19-16(2)12-10-13-18-3/h18-19H,1-2,4-14,17H2,3H3. The second-order valence-corrected chi connectivity index (χ2v) is 5.27. The average molecular weight is 267 g/mol. The van der Waals surface area contributed by atoms with E-state index in [0.717, 1.165) is 38.0 Å². The van der Waals surface area contributed by atoms with Gasteiger partial charge in [-0.2, -0.15) is 0 Å². The fourth-order valence-electron chi connectivity index (χ4n) is 2.02. The molecule has 0 aliphatic rings. The van der Waals surface area contributed by atoms with Gasteiger partial charge in [0.2, 0.25) is 0 Å². The Morgan fingerprint density at radius 2 is 1.47 bits per heavy atom. The molecule has 0 saturated carbocycles. The first-order valence-corrected chi connectivity index (χ1v) is 7.66. The van der Waals surface area contributed by atoms with Gasteiger partial charge in [-0.1, -0.05) is 38.8 Å². The van der Waals surface area contributed by atoms with Crippen LogP contribution in [0.3, 0.4) is 0 Å². The highest BCUT2D eigenvalue weighted by molar-refractivity contribution is 4.90. The predicted molar refractivity (Wildman–Crippen MR) is 85.9 cm³/mol. The summed E-state index contributed by atoms with van der Waals surface area (Å²) >= 11 is 0. The van der Waals surface area contributed by atoms with Crippen LogP contribution in [0.2, 0.25) is 0 Å². The van der Waals surface area contributed by atoms with Crippen LogP contribution in [0.1, 0.15) is 57.8 Å². The highest BCUT2D eigenvalue weighted by atomic mass is 14.9. The maximum atomic E-state index is 5.53. The van der Waals surface area contributed by atoms with Gasteiger partial charge in [0, 0.05) is 17.9 Å². The molecule has 0 aromatic carbocycles. The first kappa shape index (κ1) is 18.0. The summed E-state index contributed by atoms with van der Waals surface area (Å²) in [5, 5.41) is 6.56. The van der Waals surface area contributed by atoms with Crippen molar-refractivity contribution < 1.29 is 0 Å². The Hall–Kier alpha value is -0.960. The fraction of sp³-hybridized carbons (Fsp3) is 0.750. The molecule has 0 bridgehead atoms. The van der Waals surface area contributed by atoms with Crippen LogP contribution in [0.15, 0.2) is 24.6 Å². The molecule has 0 unspecified atom stereocenters. The molecule has 0 amide bonds. The lowest BCUT2D eigenvalue weighted by atomic mass is 10.1. The van der Waals surface area contributed by atoms with E-state index in [-0.39, 0.29) is 0 Å². The number of nitrogens with one attached hydrogen (secondary N) is 2. The van der Waals surface area contributed by atoms with Gasteiger partial charge < -0.3 is 16.4 Å². The normalized spacial score (nSPS) is 10.4. The smallest absolute Gasteiger partial charge is 0.0143 e. The summed E-state index contributed by atoms with van der Waals surface area (Å²) < 4.78 is 0. The SMILES string of the molecule is C=C(N)CCCCCCCCNC(=C)CCCNC. The second kappa shape index (κ2) is 13.5. The summed E-state index contributed by atoms with van der Waals surface area (Å²) in [6.45, 7) is 9.89. The van der Waals surface area contributed by atoms with E-state index in [1.165, 1.54) is 44.2 Å². The number of unbranched alkanes of at least 4 members (excludes halogenated alkanes) is 5. The lowest BCUT2D eigenvalue weighted by Gasteiger charge is -2.09. The van der Waals surface area contributed by atoms with Crippen LogP contribution in [0.5, 0.6) is 0 Å². The van der Waals surface area contributed by atoms with E-state index in [2.05, 4.69) is 23.8 Å². The highest BCUT2D eigenvalue weighted by Crippen LogP contribution is 2.08. The van der Waals surface area contributed by atoms with Crippen LogP contribution in [0.4, 0.5) is 0 Å². The van der Waals surface area contributed by atoms with Crippen molar-refractivity contribution in [2.24, 2.45) is 5.73 Å². The monoisotopic (exact) mass is 267 g/mol. The molecule has 0 saturated heterocycles. The van der Waals surface area contributed by atoms with Crippen LogP contribution in [-0.4, -0.2) is 20.1 Å². The van der Waals surface area contributed by atoms with Crippen LogP contribution < -0.4 is 16.4 Å². The van der Waals surface area contributed by atoms with Crippen molar-refractivity contribution in [1.29, 1.82) is 0 Å². The zero-order valence-electron chi connectivity index (χ0n) is 12.8. The minimum Gasteiger partial charge on any atom is -0.403 e. The summed E-state index contributed by atoms with van der Waals surface area (Å²) in [5.74, 6) is 0. The van der Waals surface area contributed by atoms with E-state index in [1.807, 2.05) is 7.05 Å². The maximum Gasteiger partial charge on any atom is 0.0143 e. The van der Waals surface area contributed by atoms with Gasteiger partial charge in [-0.15, -0.1) is 0 Å². The minimum absolute atomic E-state index is 0.820. The van der Waals surface area contributed by atoms with Gasteiger partial charge >= 0.3 is 0 Å². The molecule has 0 fully saturated rings. The first-order chi connectivity index (χ1) is 9.16. The number of hydrogen-bond donors (Lipinski definition) is 3. The van der Waals surface area contributed by atoms with Crippen molar-refractivity contribution >= 4 is 0 Å². The Kier molecular flexibility index (Phi) is 12.8. The van der Waals surface area contributed by atoms with E-state index >= 15 is 0 Å². The molecule has 0 aliphatic heterocycles. The van der Waals surface area contributed by atoms with Crippen LogP contribution >= 0.6 is 0 Å². The van der Waals surface area contributed by atoms with E-state index in [9.17, 15) is 0 Å². The quantitative estimate of drug-likeness (QED) is 0.423. The number of hydrogen-bond acceptors (Lipinski definition) is 3. The molecule has 3 nitrogen and oxygen atoms in total. The number of nitrogens with two attached hydrogens (primary N) is 1. The Labute approximate surface area is 119 Å². The van der Waals surface area contributed by atoms with E-state index in [0.29, 0.717) is 0 Å². The summed E-state index contributed by atoms with van der Waals surface area (Å²) in [4.78, 5) is 0. The van der Waals surface area contributed by atoms with Gasteiger partial charge in [0.05, 0.1) is 0 Å². The highest BCUT2D eigenvalue weighted by Gasteiger charge is 1.95. The number of allylic oxidation sites excluding steroid dienone is 2. The van der Waals surface area contributed by atoms with E-state index in [1.54, 1.807) is 0 Å². The second-order valence-electron chi connectivity index (χ2n) is 5.27. The topological polar surface area (TPSA) is 50.1 Å². The molecule has 0 heterocycles. The van der Waals surface area contributed by atoms with Crippen molar-refractivity contribution in [1.82, 2.24) is 10.6 Å². The number of rotatable bonds is 14. The Balaban J connectivity index is 3.13. The van der Waals surface area contributed by atoms with Gasteiger partial charge in [-0.05, 0) is 45.7 Å². The van der Waals surface area contributed by atoms with E-state index < -0.39 is 0 Å². The van der Waals surface area contributed by atoms with Crippen LogP contribution in [0.25, 0.3) is 0 Å². The summed E-state index contributed by atoms with van der Waals surface area (Å²) in [6, 6.07) is 0. The molecule has 0 aromatic rings. The van der Waals surface area contributed by atoms with Gasteiger partial charge in [0.15, 0.2) is 0 Å². The lowest BCUT2D eigenvalue weighted by molar-refractivity contribution is 0.575. The zero-order chi connectivity index (χ0) is 14.3. The van der Waals surface area contributed by atoms with E-state index in [4.69, 9.17) is 5.73 Å². The third-order valence-electron chi connectivity index (χ3n) is 3.20. The molecule has 0 radical (unpaired) electrons. The molecule has 0 aromatic heterocycles. The van der Waals surface area contributed by atoms with Crippen molar-refractivity contribution in [3.8, 4) is 0 Å². The molecule has 0 atom stereocenters. The van der Waals surface area contributed by atoms with Gasteiger partial charge in [0.1, 0.15) is 0 Å². The van der Waals surface area contributed by atoms with Crippen molar-refractivity contribution in [3.63, 3.8) is 0 Å². The fourth-order valence-corrected chi connectivity index (χ4v) is 2.02. The van der Waals surface area contributed by atoms with Crippen molar-refractivity contribution in [2.75, 3.05) is 20.1 Å². The van der Waals surface area contributed by atoms with Crippen LogP contribution in [0, 0.1) is 0 Å². The summed E-state index contributed by atoms with van der Waals surface area (Å²) in [6.07, 6.45) is 10.9. The molecule has 112 valence electrons. The average Bonchev–Trinajstić information content (AvgIpc) is 2.36. The molecule has 3 heteroatoms. The van der Waals surface area contributed by atoms with Gasteiger partial charge in [-0.25, -0.2) is 0 Å². The first-order valence-electron chi connectivity index (χ1n) is 7.66. The predicted octanol–water partition coefficient (Wildman–Crippen LogP) is 3.29. The third kappa shape index (κ3) is 15.0. The summed E-state index contributed by atoms with van der Waals surface area (Å²) in [5.41, 5.74) is 7.53. The van der Waals surface area contributed by atoms with Crippen molar-refractivity contribution in [3.05, 3.63) is 24.6 Å². The maximum absolute atomic E-state index is 5.53. The molecule has 0 aliphatic carbocycles. The molecule has 4 N–H and O–H groups in total. The minimum atomic E-state index is 0.820. The Bertz CT molecular complexity index is 236. The lowest BCUT2D eigenvalue weighted by Crippen LogP contribution is -2.15. The Morgan fingerprint density at radius 3 is 2.11 bits per heavy atom. The van der Waals surface area contributed by atoms with Crippen LogP contribution in [-0.2, 0) is 0 Å². The molecular formula is C16H33N3. The molecular weight excluding hydrogens is 234 g/mol. The van der Waals surface area contributed by atoms with Crippen molar-refractivity contribution in [2.45, 2.75) is 57.8 Å². The molecule has 0 spiro atoms. The Morgan fingerprint density at radius 1 is 0.842 bits per heavy atom. The molecule has 19 heavy (non-hydrogen) atoms.